The van der Waals surface area contributed by atoms with Crippen molar-refractivity contribution in [1.29, 1.82) is 0 Å². The number of aromatic nitrogens is 2. The summed E-state index contributed by atoms with van der Waals surface area (Å²) in [5, 5.41) is 10.2. The average Bonchev–Trinajstić information content (AvgIpc) is 3.82. The third kappa shape index (κ3) is 8.94. The Morgan fingerprint density at radius 3 is 2.50 bits per heavy atom. The predicted octanol–water partition coefficient (Wildman–Crippen LogP) is 7.23. The van der Waals surface area contributed by atoms with Crippen molar-refractivity contribution in [1.82, 2.24) is 19.6 Å². The summed E-state index contributed by atoms with van der Waals surface area (Å²) in [6.07, 6.45) is 2.49. The second-order valence-corrected chi connectivity index (χ2v) is 17.4. The number of thiazole rings is 2. The van der Waals surface area contributed by atoms with Crippen LogP contribution in [0, 0.1) is 4.91 Å². The molecule has 2 aromatic heterocycles. The first-order chi connectivity index (χ1) is 27.1. The highest BCUT2D eigenvalue weighted by Crippen LogP contribution is 2.34. The molecule has 0 bridgehead atoms. The molecule has 1 aliphatic heterocycles. The van der Waals surface area contributed by atoms with Gasteiger partial charge in [-0.2, -0.15) is 0 Å². The molecule has 16 heteroatoms. The van der Waals surface area contributed by atoms with Crippen LogP contribution in [-0.2, 0) is 35.8 Å². The molecular formula is C40H40N8O5S3. The number of fused-ring (bicyclic) bond motifs is 2. The molecule has 0 saturated carbocycles. The van der Waals surface area contributed by atoms with Crippen LogP contribution >= 0.6 is 22.7 Å². The summed E-state index contributed by atoms with van der Waals surface area (Å²) in [4.78, 5) is 52.9. The maximum atomic E-state index is 13.9. The number of hydrogen-bond acceptors (Lipinski definition) is 13. The average molecular weight is 809 g/mol. The van der Waals surface area contributed by atoms with E-state index in [9.17, 15) is 22.9 Å². The third-order valence-corrected chi connectivity index (χ3v) is 12.8. The van der Waals surface area contributed by atoms with Gasteiger partial charge in [0.2, 0.25) is 0 Å². The molecule has 13 nitrogen and oxygen atoms in total. The van der Waals surface area contributed by atoms with Gasteiger partial charge in [0.15, 0.2) is 10.3 Å². The van der Waals surface area contributed by atoms with E-state index < -0.39 is 15.9 Å². The summed E-state index contributed by atoms with van der Waals surface area (Å²) in [5.74, 6) is -1.15. The van der Waals surface area contributed by atoms with Gasteiger partial charge in [0, 0.05) is 30.1 Å². The van der Waals surface area contributed by atoms with Crippen molar-refractivity contribution in [3.63, 3.8) is 0 Å². The standard InChI is InChI=1S/C40H40N8O5S3/c1-47(2)22-9-21-41-31-18-17-28(24-33(31)45-51)56(52,53)46-38(50)36-35(19-16-26-10-4-3-5-11-26)55-40(43-36)48-23-20-27-12-8-13-29(30(27)25-48)37(49)44-39-42-32-14-6-7-15-34(32)54-39/h3-8,10-15,17-18,24,41H,9,16,19-23,25H2,1-2H3,(H,46,50)(H,42,44,49). The second kappa shape index (κ2) is 17.1. The highest BCUT2D eigenvalue weighted by Gasteiger charge is 2.29. The molecule has 7 rings (SSSR count). The first-order valence-corrected chi connectivity index (χ1v) is 21.2. The van der Waals surface area contributed by atoms with E-state index in [0.717, 1.165) is 45.9 Å². The quantitative estimate of drug-likeness (QED) is 0.0712. The number of hydrogen-bond donors (Lipinski definition) is 3. The largest absolute Gasteiger partial charge is 0.383 e. The minimum absolute atomic E-state index is 0.00471. The Bertz CT molecular complexity index is 2470. The van der Waals surface area contributed by atoms with Gasteiger partial charge in [0.25, 0.3) is 21.8 Å². The Kier molecular flexibility index (Phi) is 11.8. The zero-order chi connectivity index (χ0) is 39.2. The topological polar surface area (TPSA) is 166 Å². The molecule has 0 unspecified atom stereocenters. The molecule has 1 aliphatic rings. The molecule has 56 heavy (non-hydrogen) atoms. The summed E-state index contributed by atoms with van der Waals surface area (Å²) < 4.78 is 30.3. The van der Waals surface area contributed by atoms with Crippen LogP contribution in [0.4, 0.5) is 21.6 Å². The smallest absolute Gasteiger partial charge is 0.284 e. The maximum absolute atomic E-state index is 13.9. The molecule has 3 N–H and O–H groups in total. The molecule has 4 aromatic carbocycles. The van der Waals surface area contributed by atoms with E-state index in [1.165, 1.54) is 34.8 Å². The highest BCUT2D eigenvalue weighted by atomic mass is 32.2. The molecule has 0 atom stereocenters. The van der Waals surface area contributed by atoms with E-state index in [1.807, 2.05) is 90.6 Å². The molecule has 0 fully saturated rings. The number of para-hydroxylation sites is 1. The van der Waals surface area contributed by atoms with E-state index in [-0.39, 0.29) is 22.2 Å². The van der Waals surface area contributed by atoms with Gasteiger partial charge in [0.05, 0.1) is 20.8 Å². The summed E-state index contributed by atoms with van der Waals surface area (Å²) in [5.41, 5.74) is 4.61. The number of benzene rings is 4. The minimum Gasteiger partial charge on any atom is -0.383 e. The monoisotopic (exact) mass is 808 g/mol. The summed E-state index contributed by atoms with van der Waals surface area (Å²) in [6, 6.07) is 27.1. The van der Waals surface area contributed by atoms with Crippen LogP contribution in [0.1, 0.15) is 48.8 Å². The van der Waals surface area contributed by atoms with Gasteiger partial charge < -0.3 is 15.1 Å². The molecule has 2 amide bonds. The molecule has 0 saturated heterocycles. The van der Waals surface area contributed by atoms with E-state index >= 15 is 0 Å². The Hall–Kier alpha value is -5.55. The lowest BCUT2D eigenvalue weighted by molar-refractivity contribution is 0.0975. The predicted molar refractivity (Wildman–Crippen MR) is 223 cm³/mol. The SMILES string of the molecule is CN(C)CCCNc1ccc(S(=O)(=O)NC(=O)c2nc(N3CCc4cccc(C(=O)Nc5nc6ccccc6s5)c4C3)sc2CCc2ccccc2)cc1N=O. The van der Waals surface area contributed by atoms with Crippen LogP contribution in [-0.4, -0.2) is 68.8 Å². The fraction of sp³-hybridized carbons (Fsp3) is 0.250. The first kappa shape index (κ1) is 38.7. The summed E-state index contributed by atoms with van der Waals surface area (Å²) >= 11 is 2.74. The first-order valence-electron chi connectivity index (χ1n) is 18.1. The van der Waals surface area contributed by atoms with Gasteiger partial charge in [-0.1, -0.05) is 65.9 Å². The Labute approximate surface area is 332 Å². The highest BCUT2D eigenvalue weighted by molar-refractivity contribution is 7.90. The van der Waals surface area contributed by atoms with Gasteiger partial charge in [-0.25, -0.2) is 23.1 Å². The van der Waals surface area contributed by atoms with Gasteiger partial charge >= 0.3 is 0 Å². The number of nitrogens with zero attached hydrogens (tertiary/aromatic N) is 5. The molecule has 3 heterocycles. The van der Waals surface area contributed by atoms with Crippen molar-refractivity contribution >= 4 is 76.4 Å². The van der Waals surface area contributed by atoms with Gasteiger partial charge in [-0.05, 0) is 105 Å². The van der Waals surface area contributed by atoms with E-state index in [2.05, 4.69) is 25.5 Å². The number of sulfonamides is 1. The fourth-order valence-electron chi connectivity index (χ4n) is 6.52. The summed E-state index contributed by atoms with van der Waals surface area (Å²) in [6.45, 7) is 2.33. The number of carbonyl (C=O) groups excluding carboxylic acids is 2. The van der Waals surface area contributed by atoms with Crippen molar-refractivity contribution in [2.75, 3.05) is 49.3 Å². The minimum atomic E-state index is -4.41. The molecular weight excluding hydrogens is 769 g/mol. The second-order valence-electron chi connectivity index (χ2n) is 13.6. The molecule has 0 spiro atoms. The van der Waals surface area contributed by atoms with Crippen LogP contribution in [0.2, 0.25) is 0 Å². The van der Waals surface area contributed by atoms with Crippen molar-refractivity contribution in [3.8, 4) is 0 Å². The summed E-state index contributed by atoms with van der Waals surface area (Å²) in [7, 11) is -0.492. The fourth-order valence-corrected chi connectivity index (χ4v) is 9.44. The van der Waals surface area contributed by atoms with Crippen molar-refractivity contribution in [2.24, 2.45) is 5.18 Å². The van der Waals surface area contributed by atoms with Crippen molar-refractivity contribution < 1.29 is 18.0 Å². The normalized spacial score (nSPS) is 12.7. The Morgan fingerprint density at radius 2 is 1.71 bits per heavy atom. The van der Waals surface area contributed by atoms with Crippen molar-refractivity contribution in [3.05, 3.63) is 129 Å². The Balaban J connectivity index is 1.12. The van der Waals surface area contributed by atoms with Gasteiger partial charge in [0.1, 0.15) is 11.4 Å². The lowest BCUT2D eigenvalue weighted by atomic mass is 9.94. The van der Waals surface area contributed by atoms with Crippen LogP contribution in [0.5, 0.6) is 0 Å². The number of amides is 2. The van der Waals surface area contributed by atoms with Crippen LogP contribution in [0.3, 0.4) is 0 Å². The third-order valence-electron chi connectivity index (χ3n) is 9.39. The molecule has 288 valence electrons. The number of rotatable bonds is 15. The van der Waals surface area contributed by atoms with E-state index in [4.69, 9.17) is 4.98 Å². The maximum Gasteiger partial charge on any atom is 0.284 e. The van der Waals surface area contributed by atoms with Crippen molar-refractivity contribution in [2.45, 2.75) is 37.1 Å². The van der Waals surface area contributed by atoms with E-state index in [0.29, 0.717) is 65.3 Å². The lowest BCUT2D eigenvalue weighted by Gasteiger charge is -2.29. The lowest BCUT2D eigenvalue weighted by Crippen LogP contribution is -2.33. The molecule has 6 aromatic rings. The number of carbonyl (C=O) groups is 2. The van der Waals surface area contributed by atoms with Gasteiger partial charge in [-0.15, -0.1) is 16.2 Å². The molecule has 0 aliphatic carbocycles. The Morgan fingerprint density at radius 1 is 0.911 bits per heavy atom. The molecule has 0 radical (unpaired) electrons. The van der Waals surface area contributed by atoms with Crippen LogP contribution in [0.25, 0.3) is 10.2 Å². The zero-order valence-corrected chi connectivity index (χ0v) is 33.3. The van der Waals surface area contributed by atoms with E-state index in [1.54, 1.807) is 6.07 Å². The van der Waals surface area contributed by atoms with Crippen LogP contribution < -0.4 is 20.3 Å². The number of nitrogens with one attached hydrogen (secondary N) is 3. The van der Waals surface area contributed by atoms with Crippen LogP contribution in [0.15, 0.2) is 101 Å². The number of anilines is 3. The number of nitroso groups, excluding NO2 is 1. The van der Waals surface area contributed by atoms with Gasteiger partial charge in [-0.3, -0.25) is 14.9 Å². The number of aryl methyl sites for hydroxylation is 2. The zero-order valence-electron chi connectivity index (χ0n) is 30.8.